The van der Waals surface area contributed by atoms with Crippen molar-refractivity contribution in [1.29, 1.82) is 0 Å². The summed E-state index contributed by atoms with van der Waals surface area (Å²) in [5, 5.41) is 3.39. The predicted octanol–water partition coefficient (Wildman–Crippen LogP) is 3.05. The highest BCUT2D eigenvalue weighted by molar-refractivity contribution is 5.64. The van der Waals surface area contributed by atoms with Crippen molar-refractivity contribution in [3.05, 3.63) is 54.4 Å². The van der Waals surface area contributed by atoms with Gasteiger partial charge in [-0.3, -0.25) is 4.98 Å². The number of anilines is 2. The zero-order valence-electron chi connectivity index (χ0n) is 10.9. The maximum Gasteiger partial charge on any atom is 0.0736 e. The van der Waals surface area contributed by atoms with Gasteiger partial charge in [0.25, 0.3) is 0 Å². The summed E-state index contributed by atoms with van der Waals surface area (Å²) in [5.41, 5.74) is 8.85. The molecule has 94 valence electrons. The SMILES string of the molecule is CC(C)(CNc1ccncc1N)c1ccccc1. The Hall–Kier alpha value is -2.03. The molecule has 3 N–H and O–H groups in total. The molecule has 0 fully saturated rings. The Kier molecular flexibility index (Phi) is 3.51. The van der Waals surface area contributed by atoms with E-state index < -0.39 is 0 Å². The lowest BCUT2D eigenvalue weighted by atomic mass is 9.84. The van der Waals surface area contributed by atoms with E-state index in [0.717, 1.165) is 12.2 Å². The Morgan fingerprint density at radius 3 is 2.56 bits per heavy atom. The highest BCUT2D eigenvalue weighted by Gasteiger charge is 2.20. The molecule has 2 aromatic rings. The van der Waals surface area contributed by atoms with Gasteiger partial charge < -0.3 is 11.1 Å². The van der Waals surface area contributed by atoms with Crippen LogP contribution < -0.4 is 11.1 Å². The van der Waals surface area contributed by atoms with Crippen LogP contribution in [0.5, 0.6) is 0 Å². The maximum absolute atomic E-state index is 5.86. The van der Waals surface area contributed by atoms with Crippen molar-refractivity contribution < 1.29 is 0 Å². The number of pyridine rings is 1. The van der Waals surface area contributed by atoms with Crippen LogP contribution in [0.25, 0.3) is 0 Å². The highest BCUT2D eigenvalue weighted by Crippen LogP contribution is 2.24. The fourth-order valence-electron chi connectivity index (χ4n) is 1.88. The van der Waals surface area contributed by atoms with Crippen molar-refractivity contribution in [1.82, 2.24) is 4.98 Å². The summed E-state index contributed by atoms with van der Waals surface area (Å²) in [6, 6.07) is 12.4. The summed E-state index contributed by atoms with van der Waals surface area (Å²) in [4.78, 5) is 3.98. The van der Waals surface area contributed by atoms with Gasteiger partial charge in [-0.2, -0.15) is 0 Å². The second kappa shape index (κ2) is 5.08. The minimum Gasteiger partial charge on any atom is -0.396 e. The molecule has 1 aromatic heterocycles. The number of hydrogen-bond acceptors (Lipinski definition) is 3. The molecule has 0 unspecified atom stereocenters. The zero-order chi connectivity index (χ0) is 13.0. The molecule has 0 saturated carbocycles. The number of benzene rings is 1. The van der Waals surface area contributed by atoms with Crippen LogP contribution in [0.2, 0.25) is 0 Å². The lowest BCUT2D eigenvalue weighted by Gasteiger charge is -2.26. The molecule has 0 aliphatic carbocycles. The molecule has 0 saturated heterocycles. The Balaban J connectivity index is 2.08. The predicted molar refractivity (Wildman–Crippen MR) is 76.6 cm³/mol. The topological polar surface area (TPSA) is 50.9 Å². The molecule has 0 spiro atoms. The summed E-state index contributed by atoms with van der Waals surface area (Å²) in [7, 11) is 0. The molecule has 18 heavy (non-hydrogen) atoms. The fraction of sp³-hybridized carbons (Fsp3) is 0.267. The van der Waals surface area contributed by atoms with Gasteiger partial charge in [0, 0.05) is 18.2 Å². The second-order valence-corrected chi connectivity index (χ2v) is 5.07. The Morgan fingerprint density at radius 1 is 1.17 bits per heavy atom. The van der Waals surface area contributed by atoms with E-state index in [1.807, 2.05) is 12.1 Å². The van der Waals surface area contributed by atoms with Gasteiger partial charge in [-0.1, -0.05) is 44.2 Å². The lowest BCUT2D eigenvalue weighted by Crippen LogP contribution is -2.27. The van der Waals surface area contributed by atoms with Crippen LogP contribution in [0.15, 0.2) is 48.8 Å². The molecule has 0 amide bonds. The molecule has 2 rings (SSSR count). The Bertz CT molecular complexity index is 506. The van der Waals surface area contributed by atoms with Crippen molar-refractivity contribution in [2.75, 3.05) is 17.6 Å². The molecule has 0 radical (unpaired) electrons. The number of rotatable bonds is 4. The molecule has 0 aliphatic heterocycles. The second-order valence-electron chi connectivity index (χ2n) is 5.07. The molecule has 0 bridgehead atoms. The van der Waals surface area contributed by atoms with Gasteiger partial charge in [-0.05, 0) is 11.6 Å². The Labute approximate surface area is 108 Å². The first-order valence-corrected chi connectivity index (χ1v) is 6.08. The van der Waals surface area contributed by atoms with Crippen LogP contribution >= 0.6 is 0 Å². The minimum atomic E-state index is 0.0525. The van der Waals surface area contributed by atoms with Crippen LogP contribution in [0.1, 0.15) is 19.4 Å². The number of aromatic nitrogens is 1. The number of nitrogens with one attached hydrogen (secondary N) is 1. The maximum atomic E-state index is 5.86. The molecule has 0 atom stereocenters. The normalized spacial score (nSPS) is 11.2. The van der Waals surface area contributed by atoms with Crippen LogP contribution in [0.4, 0.5) is 11.4 Å². The van der Waals surface area contributed by atoms with E-state index in [-0.39, 0.29) is 5.41 Å². The van der Waals surface area contributed by atoms with E-state index in [2.05, 4.69) is 48.4 Å². The molecule has 3 nitrogen and oxygen atoms in total. The van der Waals surface area contributed by atoms with E-state index in [1.165, 1.54) is 5.56 Å². The number of hydrogen-bond donors (Lipinski definition) is 2. The summed E-state index contributed by atoms with van der Waals surface area (Å²) < 4.78 is 0. The quantitative estimate of drug-likeness (QED) is 0.865. The first-order chi connectivity index (χ1) is 8.59. The summed E-state index contributed by atoms with van der Waals surface area (Å²) in [6.45, 7) is 5.25. The summed E-state index contributed by atoms with van der Waals surface area (Å²) >= 11 is 0. The van der Waals surface area contributed by atoms with Crippen molar-refractivity contribution >= 4 is 11.4 Å². The largest absolute Gasteiger partial charge is 0.396 e. The number of nitrogen functional groups attached to an aromatic ring is 1. The van der Waals surface area contributed by atoms with Crippen molar-refractivity contribution in [2.24, 2.45) is 0 Å². The van der Waals surface area contributed by atoms with Crippen LogP contribution in [-0.2, 0) is 5.41 Å². The van der Waals surface area contributed by atoms with Gasteiger partial charge >= 0.3 is 0 Å². The van der Waals surface area contributed by atoms with Crippen LogP contribution in [0, 0.1) is 0 Å². The molecule has 3 heteroatoms. The minimum absolute atomic E-state index is 0.0525. The van der Waals surface area contributed by atoms with Crippen molar-refractivity contribution in [3.63, 3.8) is 0 Å². The van der Waals surface area contributed by atoms with Crippen LogP contribution in [0.3, 0.4) is 0 Å². The number of nitrogens with two attached hydrogens (primary N) is 1. The average molecular weight is 241 g/mol. The van der Waals surface area contributed by atoms with E-state index in [0.29, 0.717) is 5.69 Å². The third-order valence-electron chi connectivity index (χ3n) is 3.13. The molecular formula is C15H19N3. The smallest absolute Gasteiger partial charge is 0.0736 e. The van der Waals surface area contributed by atoms with Gasteiger partial charge in [0.05, 0.1) is 17.6 Å². The van der Waals surface area contributed by atoms with Crippen molar-refractivity contribution in [3.8, 4) is 0 Å². The van der Waals surface area contributed by atoms with Crippen molar-refractivity contribution in [2.45, 2.75) is 19.3 Å². The van der Waals surface area contributed by atoms with Gasteiger partial charge in [0.1, 0.15) is 0 Å². The van der Waals surface area contributed by atoms with Gasteiger partial charge in [0.15, 0.2) is 0 Å². The summed E-state index contributed by atoms with van der Waals surface area (Å²) in [6.07, 6.45) is 3.41. The average Bonchev–Trinajstić information content (AvgIpc) is 2.39. The molecule has 1 aromatic carbocycles. The third kappa shape index (κ3) is 2.80. The first-order valence-electron chi connectivity index (χ1n) is 6.08. The molecule has 0 aliphatic rings. The third-order valence-corrected chi connectivity index (χ3v) is 3.13. The summed E-state index contributed by atoms with van der Waals surface area (Å²) in [5.74, 6) is 0. The monoisotopic (exact) mass is 241 g/mol. The van der Waals surface area contributed by atoms with E-state index in [1.54, 1.807) is 12.4 Å². The Morgan fingerprint density at radius 2 is 1.89 bits per heavy atom. The first kappa shape index (κ1) is 12.4. The van der Waals surface area contributed by atoms with E-state index in [4.69, 9.17) is 5.73 Å². The molecule has 1 heterocycles. The highest BCUT2D eigenvalue weighted by atomic mass is 14.9. The van der Waals surface area contributed by atoms with E-state index >= 15 is 0 Å². The van der Waals surface area contributed by atoms with Crippen LogP contribution in [-0.4, -0.2) is 11.5 Å². The molecular weight excluding hydrogens is 222 g/mol. The fourth-order valence-corrected chi connectivity index (χ4v) is 1.88. The van der Waals surface area contributed by atoms with Gasteiger partial charge in [-0.25, -0.2) is 0 Å². The lowest BCUT2D eigenvalue weighted by molar-refractivity contribution is 0.557. The van der Waals surface area contributed by atoms with Gasteiger partial charge in [0.2, 0.25) is 0 Å². The standard InChI is InChI=1S/C15H19N3/c1-15(2,12-6-4-3-5-7-12)11-18-14-8-9-17-10-13(14)16/h3-10H,11,16H2,1-2H3,(H,17,18). The zero-order valence-corrected chi connectivity index (χ0v) is 10.9. The van der Waals surface area contributed by atoms with E-state index in [9.17, 15) is 0 Å². The number of nitrogens with zero attached hydrogens (tertiary/aromatic N) is 1. The van der Waals surface area contributed by atoms with Gasteiger partial charge in [-0.15, -0.1) is 0 Å².